The molecule has 7 nitrogen and oxygen atoms in total. The van der Waals surface area contributed by atoms with Gasteiger partial charge in [-0.25, -0.2) is 0 Å². The Labute approximate surface area is 174 Å². The van der Waals surface area contributed by atoms with Crippen LogP contribution in [0.4, 0.5) is 0 Å². The first-order valence-electron chi connectivity index (χ1n) is 10.6. The minimum atomic E-state index is 0.292. The van der Waals surface area contributed by atoms with E-state index in [1.807, 2.05) is 23.1 Å². The van der Waals surface area contributed by atoms with E-state index in [-0.39, 0.29) is 0 Å². The topological polar surface area (TPSA) is 75.2 Å². The molecule has 1 fully saturated rings. The fraction of sp³-hybridized carbons (Fsp3) is 0.636. The largest absolute Gasteiger partial charge is 0.493 e. The lowest BCUT2D eigenvalue weighted by molar-refractivity contribution is -0.129. The molecule has 1 atom stereocenters. The van der Waals surface area contributed by atoms with E-state index in [1.54, 1.807) is 14.2 Å². The maximum atomic E-state index is 12.0. The molecule has 0 spiro atoms. The van der Waals surface area contributed by atoms with Gasteiger partial charge in [0.15, 0.2) is 17.5 Å². The third kappa shape index (κ3) is 6.84. The predicted octanol–water partition coefficient (Wildman–Crippen LogP) is 2.59. The van der Waals surface area contributed by atoms with Crippen LogP contribution >= 0.6 is 0 Å². The number of likely N-dealkylation sites (tertiary alicyclic amines) is 1. The standard InChI is InChI=1S/C22H36N4O3/c1-5-18(26-15-7-8-21(26)27)12-14-25-22(23-6-2)24-13-11-17-9-10-19(28-3)20(16-17)29-4/h9-10,16,18H,5-8,11-15H2,1-4H3,(H2,23,24,25). The number of nitrogens with one attached hydrogen (secondary N) is 2. The van der Waals surface area contributed by atoms with Gasteiger partial charge in [0.2, 0.25) is 5.91 Å². The molecule has 0 aromatic heterocycles. The number of guanidine groups is 1. The number of benzene rings is 1. The number of ether oxygens (including phenoxy) is 2. The van der Waals surface area contributed by atoms with Crippen molar-refractivity contribution < 1.29 is 14.3 Å². The molecular weight excluding hydrogens is 368 g/mol. The molecule has 1 unspecified atom stereocenters. The fourth-order valence-corrected chi connectivity index (χ4v) is 3.66. The second-order valence-corrected chi connectivity index (χ2v) is 7.17. The molecule has 1 aliphatic heterocycles. The third-order valence-corrected chi connectivity index (χ3v) is 5.25. The van der Waals surface area contributed by atoms with Crippen LogP contribution in [0.15, 0.2) is 23.2 Å². The average Bonchev–Trinajstić information content (AvgIpc) is 3.16. The van der Waals surface area contributed by atoms with E-state index in [4.69, 9.17) is 14.5 Å². The number of hydrogen-bond acceptors (Lipinski definition) is 4. The van der Waals surface area contributed by atoms with Crippen LogP contribution in [0.1, 0.15) is 45.1 Å². The Kier molecular flexibility index (Phi) is 9.60. The quantitative estimate of drug-likeness (QED) is 0.438. The van der Waals surface area contributed by atoms with Crippen molar-refractivity contribution in [1.82, 2.24) is 15.5 Å². The fourth-order valence-electron chi connectivity index (χ4n) is 3.66. The number of amides is 1. The second-order valence-electron chi connectivity index (χ2n) is 7.17. The number of hydrogen-bond donors (Lipinski definition) is 2. The van der Waals surface area contributed by atoms with Gasteiger partial charge in [0.05, 0.1) is 14.2 Å². The van der Waals surface area contributed by atoms with Crippen LogP contribution in [0.2, 0.25) is 0 Å². The molecule has 0 saturated carbocycles. The van der Waals surface area contributed by atoms with Crippen LogP contribution < -0.4 is 20.1 Å². The van der Waals surface area contributed by atoms with Gasteiger partial charge in [-0.1, -0.05) is 13.0 Å². The Morgan fingerprint density at radius 2 is 2.00 bits per heavy atom. The highest BCUT2D eigenvalue weighted by Gasteiger charge is 2.26. The first kappa shape index (κ1) is 22.8. The van der Waals surface area contributed by atoms with Gasteiger partial charge in [-0.2, -0.15) is 0 Å². The molecule has 2 N–H and O–H groups in total. The molecule has 1 amide bonds. The van der Waals surface area contributed by atoms with Crippen molar-refractivity contribution in [3.63, 3.8) is 0 Å². The highest BCUT2D eigenvalue weighted by molar-refractivity contribution is 5.80. The van der Waals surface area contributed by atoms with Crippen molar-refractivity contribution in [2.75, 3.05) is 40.4 Å². The maximum absolute atomic E-state index is 12.0. The Bertz CT molecular complexity index is 678. The van der Waals surface area contributed by atoms with Crippen molar-refractivity contribution in [3.8, 4) is 11.5 Å². The van der Waals surface area contributed by atoms with E-state index >= 15 is 0 Å². The summed E-state index contributed by atoms with van der Waals surface area (Å²) in [6.45, 7) is 7.38. The average molecular weight is 405 g/mol. The lowest BCUT2D eigenvalue weighted by Gasteiger charge is -2.26. The molecule has 29 heavy (non-hydrogen) atoms. The van der Waals surface area contributed by atoms with E-state index in [1.165, 1.54) is 5.56 Å². The molecule has 7 heteroatoms. The first-order chi connectivity index (χ1) is 14.1. The summed E-state index contributed by atoms with van der Waals surface area (Å²) in [4.78, 5) is 18.7. The van der Waals surface area contributed by atoms with Gasteiger partial charge in [0.1, 0.15) is 0 Å². The van der Waals surface area contributed by atoms with Crippen molar-refractivity contribution in [3.05, 3.63) is 23.8 Å². The number of aliphatic imine (C=N–C) groups is 1. The van der Waals surface area contributed by atoms with Gasteiger partial charge >= 0.3 is 0 Å². The van der Waals surface area contributed by atoms with E-state index in [2.05, 4.69) is 24.5 Å². The molecular formula is C22H36N4O3. The summed E-state index contributed by atoms with van der Waals surface area (Å²) < 4.78 is 10.7. The monoisotopic (exact) mass is 404 g/mol. The number of carbonyl (C=O) groups is 1. The van der Waals surface area contributed by atoms with Gasteiger partial charge in [-0.3, -0.25) is 9.79 Å². The summed E-state index contributed by atoms with van der Waals surface area (Å²) in [5, 5.41) is 6.68. The SMILES string of the molecule is CCNC(=NCCC(CC)N1CCCC1=O)NCCc1ccc(OC)c(OC)c1. The predicted molar refractivity (Wildman–Crippen MR) is 117 cm³/mol. The molecule has 0 bridgehead atoms. The van der Waals surface area contributed by atoms with Crippen molar-refractivity contribution >= 4 is 11.9 Å². The summed E-state index contributed by atoms with van der Waals surface area (Å²) in [5.74, 6) is 2.59. The van der Waals surface area contributed by atoms with E-state index < -0.39 is 0 Å². The zero-order chi connectivity index (χ0) is 21.1. The zero-order valence-corrected chi connectivity index (χ0v) is 18.3. The van der Waals surface area contributed by atoms with Gasteiger partial charge in [0.25, 0.3) is 0 Å². The summed E-state index contributed by atoms with van der Waals surface area (Å²) in [5.41, 5.74) is 1.17. The lowest BCUT2D eigenvalue weighted by Crippen LogP contribution is -2.39. The molecule has 0 aliphatic carbocycles. The van der Waals surface area contributed by atoms with Crippen LogP contribution in [-0.4, -0.2) is 63.2 Å². The summed E-state index contributed by atoms with van der Waals surface area (Å²) in [6, 6.07) is 6.27. The molecule has 1 aliphatic rings. The minimum Gasteiger partial charge on any atom is -0.493 e. The molecule has 2 rings (SSSR count). The van der Waals surface area contributed by atoms with E-state index in [9.17, 15) is 4.79 Å². The third-order valence-electron chi connectivity index (χ3n) is 5.25. The number of rotatable bonds is 11. The van der Waals surface area contributed by atoms with Gasteiger partial charge in [0, 0.05) is 38.6 Å². The number of carbonyl (C=O) groups excluding carboxylic acids is 1. The Morgan fingerprint density at radius 1 is 1.21 bits per heavy atom. The summed E-state index contributed by atoms with van der Waals surface area (Å²) in [6.07, 6.45) is 4.41. The zero-order valence-electron chi connectivity index (χ0n) is 18.3. The van der Waals surface area contributed by atoms with Crippen LogP contribution in [0.5, 0.6) is 11.5 Å². The van der Waals surface area contributed by atoms with Crippen molar-refractivity contribution in [2.24, 2.45) is 4.99 Å². The van der Waals surface area contributed by atoms with Gasteiger partial charge < -0.3 is 25.0 Å². The summed E-state index contributed by atoms with van der Waals surface area (Å²) in [7, 11) is 3.29. The smallest absolute Gasteiger partial charge is 0.222 e. The van der Waals surface area contributed by atoms with Crippen LogP contribution in [-0.2, 0) is 11.2 Å². The van der Waals surface area contributed by atoms with E-state index in [0.717, 1.165) is 62.8 Å². The lowest BCUT2D eigenvalue weighted by atomic mass is 10.1. The summed E-state index contributed by atoms with van der Waals surface area (Å²) >= 11 is 0. The number of methoxy groups -OCH3 is 2. The molecule has 1 aromatic carbocycles. The Morgan fingerprint density at radius 3 is 2.62 bits per heavy atom. The van der Waals surface area contributed by atoms with Crippen LogP contribution in [0.3, 0.4) is 0 Å². The van der Waals surface area contributed by atoms with Crippen LogP contribution in [0, 0.1) is 0 Å². The molecule has 0 radical (unpaired) electrons. The van der Waals surface area contributed by atoms with Gasteiger partial charge in [-0.15, -0.1) is 0 Å². The van der Waals surface area contributed by atoms with E-state index in [0.29, 0.717) is 24.9 Å². The molecule has 162 valence electrons. The number of nitrogens with zero attached hydrogens (tertiary/aromatic N) is 2. The molecule has 1 saturated heterocycles. The maximum Gasteiger partial charge on any atom is 0.222 e. The minimum absolute atomic E-state index is 0.292. The first-order valence-corrected chi connectivity index (χ1v) is 10.6. The molecule has 1 heterocycles. The highest BCUT2D eigenvalue weighted by atomic mass is 16.5. The Balaban J connectivity index is 1.84. The van der Waals surface area contributed by atoms with Crippen LogP contribution in [0.25, 0.3) is 0 Å². The Hall–Kier alpha value is -2.44. The van der Waals surface area contributed by atoms with Crippen molar-refractivity contribution in [1.29, 1.82) is 0 Å². The second kappa shape index (κ2) is 12.2. The molecule has 1 aromatic rings. The normalized spacial score (nSPS) is 15.4. The highest BCUT2D eigenvalue weighted by Crippen LogP contribution is 2.27. The van der Waals surface area contributed by atoms with Crippen molar-refractivity contribution in [2.45, 2.75) is 52.0 Å². The van der Waals surface area contributed by atoms with Gasteiger partial charge in [-0.05, 0) is 50.3 Å².